The molecule has 1 aliphatic carbocycles. The van der Waals surface area contributed by atoms with E-state index in [2.05, 4.69) is 108 Å². The molecule has 115 heavy (non-hydrogen) atoms. The van der Waals surface area contributed by atoms with Gasteiger partial charge in [0.05, 0.1) is 84.7 Å². The summed E-state index contributed by atoms with van der Waals surface area (Å²) in [5, 5.41) is 11.1. The normalized spacial score (nSPS) is 20.0. The van der Waals surface area contributed by atoms with E-state index in [-0.39, 0.29) is 90.3 Å². The molecule has 4 fully saturated rings. The lowest BCUT2D eigenvalue weighted by molar-refractivity contribution is -0.290. The Morgan fingerprint density at radius 1 is 0.530 bits per heavy atom. The van der Waals surface area contributed by atoms with Crippen LogP contribution in [-0.4, -0.2) is 133 Å². The smallest absolute Gasteiger partial charge is 0.239 e. The van der Waals surface area contributed by atoms with Crippen LogP contribution in [-0.2, 0) is 52.8 Å². The van der Waals surface area contributed by atoms with Gasteiger partial charge in [0.15, 0.2) is 17.4 Å². The predicted octanol–water partition coefficient (Wildman–Crippen LogP) is 19.4. The second kappa shape index (κ2) is 39.8. The van der Waals surface area contributed by atoms with E-state index in [9.17, 15) is 36.0 Å². The Morgan fingerprint density at radius 3 is 1.37 bits per heavy atom. The zero-order chi connectivity index (χ0) is 82.9. The second-order valence-corrected chi connectivity index (χ2v) is 34.3. The van der Waals surface area contributed by atoms with Crippen LogP contribution in [0.15, 0.2) is 140 Å². The summed E-state index contributed by atoms with van der Waals surface area (Å²) in [4.78, 5) is 51.7. The molecule has 3 aromatic heterocycles. The van der Waals surface area contributed by atoms with E-state index >= 15 is 0 Å². The summed E-state index contributed by atoms with van der Waals surface area (Å²) in [6, 6.07) is 35.9. The molecule has 3 amide bonds. The van der Waals surface area contributed by atoms with E-state index in [1.807, 2.05) is 122 Å². The highest BCUT2D eigenvalue weighted by Crippen LogP contribution is 2.47. The molecule has 12 rings (SSSR count). The van der Waals surface area contributed by atoms with Gasteiger partial charge in [0.1, 0.15) is 17.5 Å². The number of hydrogen-bond donors (Lipinski definition) is 3. The third-order valence-electron chi connectivity index (χ3n) is 20.4. The monoisotopic (exact) mass is 1600 g/mol. The van der Waals surface area contributed by atoms with Crippen LogP contribution in [0.25, 0.3) is 73.5 Å². The molecule has 23 heteroatoms. The van der Waals surface area contributed by atoms with Crippen LogP contribution in [0, 0.1) is 17.5 Å². The average Bonchev–Trinajstić information content (AvgIpc) is 1.71. The fraction of sp³-hybridized carbons (Fsp3) is 0.478. The molecule has 8 aromatic rings. The Balaban J connectivity index is 0.000000182. The van der Waals surface area contributed by atoms with Crippen molar-refractivity contribution in [3.05, 3.63) is 185 Å². The van der Waals surface area contributed by atoms with Crippen molar-refractivity contribution in [3.63, 3.8) is 0 Å². The number of unbranched alkanes of at least 4 members (excludes halogenated alkanes) is 3. The fourth-order valence-electron chi connectivity index (χ4n) is 15.0. The molecule has 6 atom stereocenters. The van der Waals surface area contributed by atoms with Gasteiger partial charge in [-0.15, -0.1) is 0 Å². The minimum Gasteiger partial charge on any atom is -0.356 e. The SMILES string of the molecule is CCCCNC(=O)C[C@H]1C[C@@H](/C=C/c2c(-c3ccc(F)cc3)c3ccccc3n2C(C)C)OC(C)(C)O1.CCCCNC(=O)C[C@H]1C[C@@H](/C=C/c2c(-c3ccc(F)cc3)nc(N(C)S(C)(=O)=O)nc2C(C)C)OC(C)(C)O1.CCCCNC(=O)C[C@H]1C[C@@H](/C=C/c2c(C3CC3)nc3ccccc3c2-c2ccc(F)cc2)OC(C)(C)O1. The lowest BCUT2D eigenvalue weighted by atomic mass is 9.92. The molecule has 6 heterocycles. The number of pyridine rings is 1. The molecule has 3 saturated heterocycles. The van der Waals surface area contributed by atoms with Crippen LogP contribution in [0.5, 0.6) is 0 Å². The topological polar surface area (TPSA) is 224 Å². The zero-order valence-electron chi connectivity index (χ0n) is 69.5. The van der Waals surface area contributed by atoms with E-state index in [1.165, 1.54) is 43.4 Å². The molecule has 4 aliphatic rings. The Hall–Kier alpha value is -8.94. The minimum absolute atomic E-state index is 0.0113. The number of hydrogen-bond acceptors (Lipinski definition) is 14. The first-order chi connectivity index (χ1) is 54.7. The first kappa shape index (κ1) is 88.4. The first-order valence-electron chi connectivity index (χ1n) is 40.8. The van der Waals surface area contributed by atoms with Crippen LogP contribution in [0.2, 0.25) is 0 Å². The number of anilines is 1. The number of ether oxygens (including phenoxy) is 6. The predicted molar refractivity (Wildman–Crippen MR) is 452 cm³/mol. The van der Waals surface area contributed by atoms with Gasteiger partial charge >= 0.3 is 0 Å². The van der Waals surface area contributed by atoms with Gasteiger partial charge in [0.2, 0.25) is 33.7 Å². The van der Waals surface area contributed by atoms with E-state index in [0.717, 1.165) is 123 Å². The largest absolute Gasteiger partial charge is 0.356 e. The number of nitrogens with zero attached hydrogens (tertiary/aromatic N) is 5. The number of fused-ring (bicyclic) bond motifs is 2. The zero-order valence-corrected chi connectivity index (χ0v) is 70.3. The Bertz CT molecular complexity index is 4830. The van der Waals surface area contributed by atoms with Crippen molar-refractivity contribution in [3.8, 4) is 33.5 Å². The van der Waals surface area contributed by atoms with E-state index in [4.69, 9.17) is 33.4 Å². The molecule has 3 aliphatic heterocycles. The van der Waals surface area contributed by atoms with Crippen molar-refractivity contribution in [2.75, 3.05) is 37.2 Å². The lowest BCUT2D eigenvalue weighted by Gasteiger charge is -2.39. The quantitative estimate of drug-likeness (QED) is 0.0371. The van der Waals surface area contributed by atoms with Gasteiger partial charge in [0, 0.05) is 108 Å². The number of carbonyl (C=O) groups excluding carboxylic acids is 3. The number of aromatic nitrogens is 4. The summed E-state index contributed by atoms with van der Waals surface area (Å²) in [5.74, 6) is -3.07. The molecule has 3 N–H and O–H groups in total. The van der Waals surface area contributed by atoms with Crippen LogP contribution in [0.3, 0.4) is 0 Å². The number of benzene rings is 5. The lowest BCUT2D eigenvalue weighted by Crippen LogP contribution is -2.45. The number of rotatable bonds is 29. The minimum atomic E-state index is -3.62. The number of carbonyl (C=O) groups is 3. The van der Waals surface area contributed by atoms with Crippen molar-refractivity contribution in [1.29, 1.82) is 0 Å². The van der Waals surface area contributed by atoms with Crippen molar-refractivity contribution < 1.29 is 64.4 Å². The Labute approximate surface area is 677 Å². The van der Waals surface area contributed by atoms with Crippen molar-refractivity contribution in [2.45, 2.75) is 252 Å². The summed E-state index contributed by atoms with van der Waals surface area (Å²) in [6.07, 6.45) is 22.3. The molecule has 618 valence electrons. The molecule has 0 radical (unpaired) electrons. The molecule has 1 saturated carbocycles. The molecular weight excluding hydrogens is 1480 g/mol. The molecule has 5 aromatic carbocycles. The molecule has 0 spiro atoms. The summed E-state index contributed by atoms with van der Waals surface area (Å²) >= 11 is 0. The molecule has 0 bridgehead atoms. The number of nitrogens with one attached hydrogen (secondary N) is 3. The van der Waals surface area contributed by atoms with E-state index < -0.39 is 33.2 Å². The van der Waals surface area contributed by atoms with Gasteiger partial charge in [0.25, 0.3) is 0 Å². The number of para-hydroxylation sites is 2. The summed E-state index contributed by atoms with van der Waals surface area (Å²) in [7, 11) is -2.22. The number of amides is 3. The highest BCUT2D eigenvalue weighted by molar-refractivity contribution is 7.92. The maximum Gasteiger partial charge on any atom is 0.239 e. The van der Waals surface area contributed by atoms with Crippen LogP contribution in [0.1, 0.15) is 226 Å². The average molecular weight is 1600 g/mol. The van der Waals surface area contributed by atoms with Gasteiger partial charge in [-0.05, 0) is 171 Å². The van der Waals surface area contributed by atoms with Crippen molar-refractivity contribution in [2.24, 2.45) is 0 Å². The van der Waals surface area contributed by atoms with Gasteiger partial charge < -0.3 is 48.9 Å². The first-order valence-corrected chi connectivity index (χ1v) is 42.7. The summed E-state index contributed by atoms with van der Waals surface area (Å²) in [6.45, 7) is 27.8. The Kier molecular flexibility index (Phi) is 30.6. The highest BCUT2D eigenvalue weighted by Gasteiger charge is 2.39. The van der Waals surface area contributed by atoms with E-state index in [1.54, 1.807) is 12.1 Å². The summed E-state index contributed by atoms with van der Waals surface area (Å²) in [5.41, 5.74) is 11.7. The fourth-order valence-corrected chi connectivity index (χ4v) is 15.3. The summed E-state index contributed by atoms with van der Waals surface area (Å²) < 4.78 is 106. The van der Waals surface area contributed by atoms with Gasteiger partial charge in [-0.3, -0.25) is 19.4 Å². The van der Waals surface area contributed by atoms with Crippen LogP contribution < -0.4 is 20.3 Å². The van der Waals surface area contributed by atoms with Gasteiger partial charge in [-0.1, -0.05) is 145 Å². The highest BCUT2D eigenvalue weighted by atomic mass is 32.2. The van der Waals surface area contributed by atoms with Crippen molar-refractivity contribution >= 4 is 73.7 Å². The number of sulfonamides is 1. The number of halogens is 3. The second-order valence-electron chi connectivity index (χ2n) is 32.3. The van der Waals surface area contributed by atoms with E-state index in [0.29, 0.717) is 80.2 Å². The maximum absolute atomic E-state index is 13.8. The molecule has 19 nitrogen and oxygen atoms in total. The Morgan fingerprint density at radius 2 is 0.939 bits per heavy atom. The molecular formula is C92H117F3N8O11S. The standard InChI is InChI=1S/C32H37FN2O3.C31H39FN2O3.C29H41FN4O5S/c1-4-5-18-34-29(36)20-25-19-24(37-32(2,3)38-25)16-17-27-30(21-12-14-23(33)15-13-21)26-8-6-7-9-28(26)35-31(27)22-10-11-22;1-6-7-18-33-29(35)20-25-19-24(36-31(4,5)37-25)16-17-28-30(22-12-14-23(32)15-13-22)26-10-8-9-11-27(26)34(28)21(2)3;1-8-9-16-31-25(35)18-23-17-22(38-29(4,5)39-23)14-15-24-26(19(2)3)32-28(34(6)40(7,36)37)33-27(24)20-10-12-21(30)13-11-20/h6-9,12-17,22,24-25H,4-5,10-11,18-20H2,1-3H3,(H,34,36);8-17,21,24-25H,6-7,18-20H2,1-5H3,(H,33,35);10-15,19,22-23H,8-9,16-18H2,1-7H3,(H,31,35)/b2*17-16+;15-14+/t2*24-,25-;22-,23-/m111/s1. The molecule has 0 unspecified atom stereocenters. The van der Waals surface area contributed by atoms with Crippen molar-refractivity contribution in [1.82, 2.24) is 35.5 Å². The van der Waals surface area contributed by atoms with Gasteiger partial charge in [-0.2, -0.15) is 0 Å². The third-order valence-corrected chi connectivity index (χ3v) is 21.6. The third kappa shape index (κ3) is 24.8. The van der Waals surface area contributed by atoms with Crippen LogP contribution >= 0.6 is 0 Å². The maximum atomic E-state index is 13.8. The van der Waals surface area contributed by atoms with Gasteiger partial charge in [-0.25, -0.2) is 35.9 Å². The van der Waals surface area contributed by atoms with Crippen LogP contribution in [0.4, 0.5) is 19.1 Å².